The van der Waals surface area contributed by atoms with Gasteiger partial charge in [-0.2, -0.15) is 0 Å². The lowest BCUT2D eigenvalue weighted by Gasteiger charge is -1.91. The van der Waals surface area contributed by atoms with Gasteiger partial charge in [-0.15, -0.1) is 0 Å². The molecule has 0 aromatic rings. The molecule has 3 N–H and O–H groups in total. The fraction of sp³-hybridized carbons (Fsp3) is 0.750. The van der Waals surface area contributed by atoms with Crippen molar-refractivity contribution in [3.05, 3.63) is 0 Å². The van der Waals surface area contributed by atoms with Crippen LogP contribution < -0.4 is 5.73 Å². The van der Waals surface area contributed by atoms with Crippen LogP contribution in [0.3, 0.4) is 0 Å². The molecule has 0 radical (unpaired) electrons. The molecule has 0 aromatic carbocycles. The van der Waals surface area contributed by atoms with Crippen LogP contribution in [-0.4, -0.2) is 16.1 Å². The Hall–Kier alpha value is -0.380. The Morgan fingerprint density at radius 1 is 1.88 bits per heavy atom. The molecule has 0 aliphatic rings. The second kappa shape index (κ2) is 4.77. The number of hydrogen-bond acceptors (Lipinski definition) is 3. The Balaban J connectivity index is 3.12. The second-order valence-electron chi connectivity index (χ2n) is 1.29. The van der Waals surface area contributed by atoms with Gasteiger partial charge in [0.1, 0.15) is 0 Å². The molecule has 0 bridgehead atoms. The van der Waals surface area contributed by atoms with Crippen molar-refractivity contribution in [1.29, 1.82) is 0 Å². The van der Waals surface area contributed by atoms with Crippen LogP contribution in [0, 0.1) is 0 Å². The Morgan fingerprint density at radius 3 is 2.88 bits per heavy atom. The molecule has 48 valence electrons. The number of oxime groups is 1. The van der Waals surface area contributed by atoms with Crippen LogP contribution in [-0.2, 0) is 0 Å². The van der Waals surface area contributed by atoms with Gasteiger partial charge in [-0.1, -0.05) is 23.8 Å². The van der Waals surface area contributed by atoms with Gasteiger partial charge in [0.15, 0.2) is 5.17 Å². The molecule has 0 amide bonds. The predicted molar refractivity (Wildman–Crippen MR) is 36.2 cm³/mol. The number of amidine groups is 1. The van der Waals surface area contributed by atoms with Crippen LogP contribution in [0.5, 0.6) is 0 Å². The summed E-state index contributed by atoms with van der Waals surface area (Å²) in [5.74, 6) is 0.913. The molecule has 0 saturated carbocycles. The molecule has 0 heterocycles. The highest BCUT2D eigenvalue weighted by molar-refractivity contribution is 8.13. The standard InChI is InChI=1S/C4H10N2OS/c1-2-3-8-4(5)6-7/h7H,2-3H2,1H3,(H2,5,6). The third-order valence-corrected chi connectivity index (χ3v) is 1.54. The highest BCUT2D eigenvalue weighted by Gasteiger charge is 1.88. The minimum Gasteiger partial charge on any atom is -0.409 e. The summed E-state index contributed by atoms with van der Waals surface area (Å²) in [7, 11) is 0. The van der Waals surface area contributed by atoms with Gasteiger partial charge in [0, 0.05) is 5.75 Å². The maximum Gasteiger partial charge on any atom is 0.197 e. The highest BCUT2D eigenvalue weighted by Crippen LogP contribution is 1.99. The zero-order valence-corrected chi connectivity index (χ0v) is 5.61. The van der Waals surface area contributed by atoms with E-state index in [1.165, 1.54) is 11.8 Å². The molecule has 0 fully saturated rings. The molecule has 0 unspecified atom stereocenters. The van der Waals surface area contributed by atoms with Crippen LogP contribution in [0.4, 0.5) is 0 Å². The minimum atomic E-state index is 0.242. The quantitative estimate of drug-likeness (QED) is 0.254. The van der Waals surface area contributed by atoms with Crippen molar-refractivity contribution in [3.63, 3.8) is 0 Å². The lowest BCUT2D eigenvalue weighted by Crippen LogP contribution is -2.06. The van der Waals surface area contributed by atoms with Crippen molar-refractivity contribution in [2.24, 2.45) is 10.9 Å². The molecule has 3 nitrogen and oxygen atoms in total. The minimum absolute atomic E-state index is 0.242. The maximum atomic E-state index is 8.00. The van der Waals surface area contributed by atoms with E-state index in [1.807, 2.05) is 6.92 Å². The zero-order chi connectivity index (χ0) is 6.41. The average Bonchev–Trinajstić information content (AvgIpc) is 1.83. The maximum absolute atomic E-state index is 8.00. The lowest BCUT2D eigenvalue weighted by molar-refractivity contribution is 0.320. The molecule has 0 aliphatic heterocycles. The molecule has 8 heavy (non-hydrogen) atoms. The Bertz CT molecular complexity index is 84.1. The van der Waals surface area contributed by atoms with E-state index in [4.69, 9.17) is 10.9 Å². The van der Waals surface area contributed by atoms with Gasteiger partial charge in [0.2, 0.25) is 0 Å². The third kappa shape index (κ3) is 3.80. The SMILES string of the molecule is CCCS/C(N)=N/O. The smallest absolute Gasteiger partial charge is 0.197 e. The van der Waals surface area contributed by atoms with Crippen LogP contribution in [0.25, 0.3) is 0 Å². The second-order valence-corrected chi connectivity index (χ2v) is 2.40. The molecular formula is C4H10N2OS. The molecule has 0 aliphatic carbocycles. The molecular weight excluding hydrogens is 124 g/mol. The van der Waals surface area contributed by atoms with Crippen molar-refractivity contribution in [2.45, 2.75) is 13.3 Å². The van der Waals surface area contributed by atoms with Crippen molar-refractivity contribution >= 4 is 16.9 Å². The molecule has 4 heteroatoms. The number of nitrogens with two attached hydrogens (primary N) is 1. The fourth-order valence-electron chi connectivity index (χ4n) is 0.235. The lowest BCUT2D eigenvalue weighted by atomic mass is 10.6. The third-order valence-electron chi connectivity index (χ3n) is 0.553. The van der Waals surface area contributed by atoms with Gasteiger partial charge in [-0.05, 0) is 6.42 Å². The van der Waals surface area contributed by atoms with Gasteiger partial charge >= 0.3 is 0 Å². The van der Waals surface area contributed by atoms with E-state index in [1.54, 1.807) is 0 Å². The molecule has 0 saturated heterocycles. The predicted octanol–water partition coefficient (Wildman–Crippen LogP) is 0.834. The Labute approximate surface area is 52.9 Å². The number of thioether (sulfide) groups is 1. The van der Waals surface area contributed by atoms with E-state index in [2.05, 4.69) is 5.16 Å². The fourth-order valence-corrected chi connectivity index (χ4v) is 0.706. The summed E-state index contributed by atoms with van der Waals surface area (Å²) in [6.07, 6.45) is 1.04. The van der Waals surface area contributed by atoms with Crippen molar-refractivity contribution < 1.29 is 5.21 Å². The highest BCUT2D eigenvalue weighted by atomic mass is 32.2. The van der Waals surface area contributed by atoms with Gasteiger partial charge in [-0.3, -0.25) is 0 Å². The largest absolute Gasteiger partial charge is 0.409 e. The van der Waals surface area contributed by atoms with Crippen LogP contribution in [0.1, 0.15) is 13.3 Å². The summed E-state index contributed by atoms with van der Waals surface area (Å²) in [4.78, 5) is 0. The first-order chi connectivity index (χ1) is 3.81. The van der Waals surface area contributed by atoms with E-state index in [0.29, 0.717) is 0 Å². The molecule has 0 atom stereocenters. The summed E-state index contributed by atoms with van der Waals surface area (Å²) < 4.78 is 0. The monoisotopic (exact) mass is 134 g/mol. The Morgan fingerprint density at radius 2 is 2.50 bits per heavy atom. The summed E-state index contributed by atoms with van der Waals surface area (Å²) >= 11 is 1.35. The van der Waals surface area contributed by atoms with E-state index in [0.717, 1.165) is 12.2 Å². The number of hydrogen-bond donors (Lipinski definition) is 2. The van der Waals surface area contributed by atoms with E-state index >= 15 is 0 Å². The molecule has 0 rings (SSSR count). The Kier molecular flexibility index (Phi) is 4.54. The first-order valence-corrected chi connectivity index (χ1v) is 3.40. The van der Waals surface area contributed by atoms with E-state index < -0.39 is 0 Å². The topological polar surface area (TPSA) is 58.6 Å². The zero-order valence-electron chi connectivity index (χ0n) is 4.79. The van der Waals surface area contributed by atoms with E-state index in [9.17, 15) is 0 Å². The molecule has 0 spiro atoms. The number of rotatable bonds is 2. The normalized spacial score (nSPS) is 11.9. The summed E-state index contributed by atoms with van der Waals surface area (Å²) in [6, 6.07) is 0. The van der Waals surface area contributed by atoms with Crippen LogP contribution >= 0.6 is 11.8 Å². The van der Waals surface area contributed by atoms with Gasteiger partial charge in [0.25, 0.3) is 0 Å². The van der Waals surface area contributed by atoms with Gasteiger partial charge < -0.3 is 10.9 Å². The van der Waals surface area contributed by atoms with E-state index in [-0.39, 0.29) is 5.17 Å². The van der Waals surface area contributed by atoms with Crippen LogP contribution in [0.2, 0.25) is 0 Å². The van der Waals surface area contributed by atoms with Crippen molar-refractivity contribution in [2.75, 3.05) is 5.75 Å². The van der Waals surface area contributed by atoms with Crippen LogP contribution in [0.15, 0.2) is 5.16 Å². The summed E-state index contributed by atoms with van der Waals surface area (Å²) in [5.41, 5.74) is 5.12. The van der Waals surface area contributed by atoms with Crippen molar-refractivity contribution in [1.82, 2.24) is 0 Å². The first-order valence-electron chi connectivity index (χ1n) is 2.41. The van der Waals surface area contributed by atoms with Crippen molar-refractivity contribution in [3.8, 4) is 0 Å². The first kappa shape index (κ1) is 7.62. The van der Waals surface area contributed by atoms with Gasteiger partial charge in [0.05, 0.1) is 0 Å². The average molecular weight is 134 g/mol. The summed E-state index contributed by atoms with van der Waals surface area (Å²) in [6.45, 7) is 2.04. The summed E-state index contributed by atoms with van der Waals surface area (Å²) in [5, 5.41) is 11.0. The van der Waals surface area contributed by atoms with Gasteiger partial charge in [-0.25, -0.2) is 0 Å². The molecule has 0 aromatic heterocycles. The number of nitrogens with zero attached hydrogens (tertiary/aromatic N) is 1.